The van der Waals surface area contributed by atoms with Crippen LogP contribution in [-0.2, 0) is 12.8 Å². The monoisotopic (exact) mass is 561 g/mol. The third-order valence-electron chi connectivity index (χ3n) is 9.35. The molecule has 7 rings (SSSR count). The van der Waals surface area contributed by atoms with Gasteiger partial charge in [-0.05, 0) is 128 Å². The molecule has 0 aliphatic heterocycles. The second-order valence-electron chi connectivity index (χ2n) is 11.8. The van der Waals surface area contributed by atoms with E-state index in [1.165, 1.54) is 61.1 Å². The second-order valence-corrected chi connectivity index (χ2v) is 11.8. The van der Waals surface area contributed by atoms with Crippen LogP contribution in [-0.4, -0.2) is 4.57 Å². The highest BCUT2D eigenvalue weighted by Crippen LogP contribution is 2.41. The molecule has 4 heteroatoms. The van der Waals surface area contributed by atoms with Crippen molar-refractivity contribution in [3.8, 4) is 22.9 Å². The van der Waals surface area contributed by atoms with Crippen molar-refractivity contribution in [2.75, 3.05) is 0 Å². The normalized spacial score (nSPS) is 15.3. The van der Waals surface area contributed by atoms with Gasteiger partial charge < -0.3 is 14.7 Å². The zero-order valence-electron chi connectivity index (χ0n) is 24.9. The van der Waals surface area contributed by atoms with Gasteiger partial charge in [-0.15, -0.1) is 0 Å². The van der Waals surface area contributed by atoms with E-state index in [1.54, 1.807) is 6.20 Å². The molecule has 3 aromatic carbocycles. The molecule has 0 spiro atoms. The highest BCUT2D eigenvalue weighted by atomic mass is 16.3. The van der Waals surface area contributed by atoms with E-state index >= 15 is 0 Å². The molecule has 43 heavy (non-hydrogen) atoms. The Labute approximate surface area is 252 Å². The first kappa shape index (κ1) is 26.9. The van der Waals surface area contributed by atoms with Gasteiger partial charge in [-0.1, -0.05) is 42.9 Å². The zero-order valence-corrected chi connectivity index (χ0v) is 24.9. The van der Waals surface area contributed by atoms with Crippen LogP contribution in [0.3, 0.4) is 0 Å². The van der Waals surface area contributed by atoms with Crippen molar-refractivity contribution in [3.05, 3.63) is 124 Å². The molecule has 1 atom stereocenters. The van der Waals surface area contributed by atoms with E-state index in [0.717, 1.165) is 42.5 Å². The minimum atomic E-state index is 0.184. The Morgan fingerprint density at radius 2 is 1.79 bits per heavy atom. The predicted octanol–water partition coefficient (Wildman–Crippen LogP) is 9.66. The highest BCUT2D eigenvalue weighted by Gasteiger charge is 2.23. The third-order valence-corrected chi connectivity index (χ3v) is 9.35. The van der Waals surface area contributed by atoms with E-state index < -0.39 is 0 Å². The average Bonchev–Trinajstić information content (AvgIpc) is 3.58. The minimum absolute atomic E-state index is 0.184. The van der Waals surface area contributed by atoms with Gasteiger partial charge in [-0.25, -0.2) is 0 Å². The van der Waals surface area contributed by atoms with E-state index in [-0.39, 0.29) is 5.92 Å². The molecule has 2 aliphatic rings. The predicted molar refractivity (Wildman–Crippen MR) is 178 cm³/mol. The van der Waals surface area contributed by atoms with Crippen molar-refractivity contribution in [2.24, 2.45) is 5.73 Å². The molecule has 0 saturated heterocycles. The maximum atomic E-state index is 9.68. The van der Waals surface area contributed by atoms with Gasteiger partial charge in [0.25, 0.3) is 0 Å². The van der Waals surface area contributed by atoms with Gasteiger partial charge in [-0.3, -0.25) is 0 Å². The lowest BCUT2D eigenvalue weighted by Crippen LogP contribution is -2.07. The smallest absolute Gasteiger partial charge is 0.135 e. The fourth-order valence-corrected chi connectivity index (χ4v) is 6.89. The Morgan fingerprint density at radius 3 is 2.60 bits per heavy atom. The Bertz CT molecular complexity index is 2090. The molecule has 2 heterocycles. The van der Waals surface area contributed by atoms with Gasteiger partial charge in [0.05, 0.1) is 17.1 Å². The van der Waals surface area contributed by atoms with E-state index in [2.05, 4.69) is 104 Å². The minimum Gasteiger partial charge on any atom is -0.456 e. The first-order valence-electron chi connectivity index (χ1n) is 15.1. The summed E-state index contributed by atoms with van der Waals surface area (Å²) in [5, 5.41) is 12.0. The Hall–Kier alpha value is -5.01. The molecule has 2 N–H and O–H groups in total. The van der Waals surface area contributed by atoms with Crippen molar-refractivity contribution in [1.82, 2.24) is 4.57 Å². The molecule has 4 nitrogen and oxygen atoms in total. The molecule has 1 unspecified atom stereocenters. The summed E-state index contributed by atoms with van der Waals surface area (Å²) in [6, 6.07) is 19.8. The summed E-state index contributed by atoms with van der Waals surface area (Å²) in [5.74, 6) is 1.17. The maximum absolute atomic E-state index is 9.68. The highest BCUT2D eigenvalue weighted by molar-refractivity contribution is 5.93. The summed E-state index contributed by atoms with van der Waals surface area (Å²) in [5.41, 5.74) is 19.6. The zero-order chi connectivity index (χ0) is 29.7. The summed E-state index contributed by atoms with van der Waals surface area (Å²) in [4.78, 5) is 0. The number of nitrogens with zero attached hydrogens (tertiary/aromatic N) is 2. The van der Waals surface area contributed by atoms with E-state index in [9.17, 15) is 5.26 Å². The molecular formula is C39H35N3O. The topological polar surface area (TPSA) is 67.9 Å². The maximum Gasteiger partial charge on any atom is 0.135 e. The number of benzene rings is 3. The number of allylic oxidation sites excluding steroid dienone is 5. The van der Waals surface area contributed by atoms with Crippen LogP contribution < -0.4 is 5.73 Å². The number of furan rings is 1. The number of rotatable bonds is 5. The number of aryl methyl sites for hydroxylation is 2. The van der Waals surface area contributed by atoms with Crippen LogP contribution in [0.25, 0.3) is 50.8 Å². The summed E-state index contributed by atoms with van der Waals surface area (Å²) >= 11 is 0. The van der Waals surface area contributed by atoms with Gasteiger partial charge in [0, 0.05) is 33.6 Å². The van der Waals surface area contributed by atoms with E-state index in [1.807, 2.05) is 12.1 Å². The van der Waals surface area contributed by atoms with Crippen LogP contribution in [0.1, 0.15) is 71.9 Å². The summed E-state index contributed by atoms with van der Waals surface area (Å²) < 4.78 is 8.61. The molecule has 5 aromatic rings. The number of hydrogen-bond donors (Lipinski definition) is 1. The van der Waals surface area contributed by atoms with E-state index in [4.69, 9.17) is 10.2 Å². The fourth-order valence-electron chi connectivity index (χ4n) is 6.89. The van der Waals surface area contributed by atoms with Gasteiger partial charge >= 0.3 is 0 Å². The van der Waals surface area contributed by atoms with Crippen molar-refractivity contribution < 1.29 is 4.42 Å². The molecular weight excluding hydrogens is 526 g/mol. The molecule has 0 saturated carbocycles. The van der Waals surface area contributed by atoms with Gasteiger partial charge in [0.1, 0.15) is 11.3 Å². The van der Waals surface area contributed by atoms with Crippen LogP contribution in [0.2, 0.25) is 0 Å². The van der Waals surface area contributed by atoms with Crippen LogP contribution in [0.4, 0.5) is 0 Å². The summed E-state index contributed by atoms with van der Waals surface area (Å²) in [7, 11) is 0. The summed E-state index contributed by atoms with van der Waals surface area (Å²) in [6.45, 7) is 6.69. The van der Waals surface area contributed by atoms with Crippen molar-refractivity contribution in [2.45, 2.75) is 52.4 Å². The molecule has 0 bridgehead atoms. The number of nitrogens with two attached hydrogens (primary N) is 1. The molecule has 212 valence electrons. The Balaban J connectivity index is 1.50. The van der Waals surface area contributed by atoms with Crippen LogP contribution in [0.5, 0.6) is 0 Å². The molecule has 0 amide bonds. The largest absolute Gasteiger partial charge is 0.456 e. The lowest BCUT2D eigenvalue weighted by Gasteiger charge is -2.23. The third kappa shape index (κ3) is 4.44. The lowest BCUT2D eigenvalue weighted by atomic mass is 9.86. The van der Waals surface area contributed by atoms with Crippen LogP contribution in [0, 0.1) is 18.3 Å². The number of hydrogen-bond acceptors (Lipinski definition) is 3. The molecule has 0 radical (unpaired) electrons. The van der Waals surface area contributed by atoms with Gasteiger partial charge in [0.2, 0.25) is 0 Å². The number of aromatic nitrogens is 1. The standard InChI is InChI=1S/C39H35N3O/c1-24(9-8-18-40)25(2)32-21-29(28-15-17-39-34(20-28)31-11-5-7-13-38(31)43-39)22-37(26(32)3)42-35-12-6-4-10-30(35)33-19-27(23-41)14-16-36(33)42/h6-9,12-22,25H,4-5,10-11,40H2,1-3H3/b18-8-,24-9-. The first-order valence-corrected chi connectivity index (χ1v) is 15.1. The number of fused-ring (bicyclic) bond motifs is 6. The molecule has 2 aliphatic carbocycles. The quantitative estimate of drug-likeness (QED) is 0.217. The Kier molecular flexibility index (Phi) is 6.67. The van der Waals surface area contributed by atoms with Crippen LogP contribution in [0.15, 0.2) is 89.0 Å². The average molecular weight is 562 g/mol. The van der Waals surface area contributed by atoms with Crippen LogP contribution >= 0.6 is 0 Å². The second kappa shape index (κ2) is 10.7. The fraction of sp³-hybridized carbons (Fsp3) is 0.205. The summed E-state index contributed by atoms with van der Waals surface area (Å²) in [6.07, 6.45) is 18.4. The lowest BCUT2D eigenvalue weighted by molar-refractivity contribution is 0.595. The SMILES string of the molecule is C/C(=C/C=C\N)C(C)c1cc(-c2ccc3oc4c(c3c2)CCC=C4)cc(-n2c3c(c4cc(C#N)ccc42)CCC=C3)c1C. The van der Waals surface area contributed by atoms with Gasteiger partial charge in [-0.2, -0.15) is 5.26 Å². The molecule has 2 aromatic heterocycles. The van der Waals surface area contributed by atoms with E-state index in [0.29, 0.717) is 5.56 Å². The Morgan fingerprint density at radius 1 is 0.977 bits per heavy atom. The van der Waals surface area contributed by atoms with Crippen molar-refractivity contribution in [1.29, 1.82) is 5.26 Å². The van der Waals surface area contributed by atoms with Crippen molar-refractivity contribution in [3.63, 3.8) is 0 Å². The first-order chi connectivity index (χ1) is 21.0. The number of nitriles is 1. The molecule has 0 fully saturated rings. The van der Waals surface area contributed by atoms with Crippen molar-refractivity contribution >= 4 is 34.0 Å². The van der Waals surface area contributed by atoms with Gasteiger partial charge in [0.15, 0.2) is 0 Å².